The van der Waals surface area contributed by atoms with E-state index in [0.717, 1.165) is 5.92 Å². The topological polar surface area (TPSA) is 12.0 Å². The third kappa shape index (κ3) is 1.95. The van der Waals surface area contributed by atoms with E-state index in [0.29, 0.717) is 5.54 Å². The van der Waals surface area contributed by atoms with Crippen LogP contribution in [-0.2, 0) is 0 Å². The quantitative estimate of drug-likeness (QED) is 0.697. The Morgan fingerprint density at radius 2 is 2.00 bits per heavy atom. The lowest BCUT2D eigenvalue weighted by Crippen LogP contribution is -2.48. The number of hydrogen-bond donors (Lipinski definition) is 1. The Hall–Kier alpha value is -0.300. The van der Waals surface area contributed by atoms with Gasteiger partial charge in [0.2, 0.25) is 0 Å². The minimum atomic E-state index is 0.455. The first-order chi connectivity index (χ1) is 7.92. The van der Waals surface area contributed by atoms with Crippen LogP contribution in [0.4, 0.5) is 0 Å². The molecule has 1 N–H and O–H groups in total. The van der Waals surface area contributed by atoms with E-state index >= 15 is 0 Å². The molecule has 1 nitrogen and oxygen atoms in total. The molecule has 2 fully saturated rings. The van der Waals surface area contributed by atoms with Crippen molar-refractivity contribution < 1.29 is 0 Å². The van der Waals surface area contributed by atoms with Gasteiger partial charge in [0.15, 0.2) is 0 Å². The summed E-state index contributed by atoms with van der Waals surface area (Å²) in [6.07, 6.45) is 16.8. The average molecular weight is 219 g/mol. The minimum Gasteiger partial charge on any atom is -0.307 e. The molecule has 0 aromatic rings. The van der Waals surface area contributed by atoms with E-state index in [2.05, 4.69) is 11.4 Å². The van der Waals surface area contributed by atoms with E-state index in [4.69, 9.17) is 0 Å². The first-order valence-electron chi connectivity index (χ1n) is 7.36. The number of nitrogens with one attached hydrogen (secondary N) is 1. The van der Waals surface area contributed by atoms with Crippen molar-refractivity contribution in [3.63, 3.8) is 0 Å². The minimum absolute atomic E-state index is 0.455. The van der Waals surface area contributed by atoms with Crippen LogP contribution in [0, 0.1) is 5.92 Å². The molecule has 16 heavy (non-hydrogen) atoms. The largest absolute Gasteiger partial charge is 0.307 e. The van der Waals surface area contributed by atoms with Crippen molar-refractivity contribution in [1.29, 1.82) is 0 Å². The van der Waals surface area contributed by atoms with Gasteiger partial charge in [0, 0.05) is 5.54 Å². The van der Waals surface area contributed by atoms with Crippen LogP contribution in [0.2, 0.25) is 0 Å². The van der Waals surface area contributed by atoms with E-state index in [1.54, 1.807) is 5.57 Å². The zero-order chi connectivity index (χ0) is 10.8. The molecule has 90 valence electrons. The van der Waals surface area contributed by atoms with E-state index in [9.17, 15) is 0 Å². The molecule has 0 aromatic carbocycles. The second-order valence-electron chi connectivity index (χ2n) is 5.96. The molecular weight excluding hydrogens is 194 g/mol. The van der Waals surface area contributed by atoms with Crippen LogP contribution >= 0.6 is 0 Å². The van der Waals surface area contributed by atoms with Gasteiger partial charge in [-0.25, -0.2) is 0 Å². The number of hydrogen-bond acceptors (Lipinski definition) is 1. The highest BCUT2D eigenvalue weighted by atomic mass is 15.0. The van der Waals surface area contributed by atoms with E-state index in [1.807, 2.05) is 0 Å². The fraction of sp³-hybridized carbons (Fsp3) is 0.867. The number of allylic oxidation sites excluding steroid dienone is 1. The summed E-state index contributed by atoms with van der Waals surface area (Å²) < 4.78 is 0. The third-order valence-electron chi connectivity index (χ3n) is 4.83. The molecule has 2 aliphatic carbocycles. The van der Waals surface area contributed by atoms with E-state index < -0.39 is 0 Å². The Morgan fingerprint density at radius 1 is 1.06 bits per heavy atom. The van der Waals surface area contributed by atoms with Crippen molar-refractivity contribution >= 4 is 0 Å². The highest BCUT2D eigenvalue weighted by molar-refractivity contribution is 5.26. The molecule has 1 aliphatic heterocycles. The molecule has 0 radical (unpaired) electrons. The van der Waals surface area contributed by atoms with Gasteiger partial charge in [0.25, 0.3) is 0 Å². The maximum Gasteiger partial charge on any atom is 0.0422 e. The zero-order valence-corrected chi connectivity index (χ0v) is 10.4. The normalized spacial score (nSPS) is 36.6. The Kier molecular flexibility index (Phi) is 3.06. The molecule has 1 heteroatoms. The summed E-state index contributed by atoms with van der Waals surface area (Å²) in [7, 11) is 0. The van der Waals surface area contributed by atoms with Crippen molar-refractivity contribution in [3.8, 4) is 0 Å². The van der Waals surface area contributed by atoms with Gasteiger partial charge in [-0.2, -0.15) is 0 Å². The summed E-state index contributed by atoms with van der Waals surface area (Å²) in [5, 5.41) is 3.96. The molecule has 3 rings (SSSR count). The summed E-state index contributed by atoms with van der Waals surface area (Å²) in [4.78, 5) is 0. The van der Waals surface area contributed by atoms with Crippen LogP contribution in [0.15, 0.2) is 11.6 Å². The van der Waals surface area contributed by atoms with Crippen LogP contribution in [0.5, 0.6) is 0 Å². The van der Waals surface area contributed by atoms with Crippen LogP contribution in [0.1, 0.15) is 64.2 Å². The zero-order valence-electron chi connectivity index (χ0n) is 10.4. The fourth-order valence-electron chi connectivity index (χ4n) is 3.81. The van der Waals surface area contributed by atoms with Crippen LogP contribution in [0.25, 0.3) is 0 Å². The van der Waals surface area contributed by atoms with Gasteiger partial charge in [0.05, 0.1) is 0 Å². The van der Waals surface area contributed by atoms with E-state index in [-0.39, 0.29) is 0 Å². The molecule has 1 saturated heterocycles. The Morgan fingerprint density at radius 3 is 2.75 bits per heavy atom. The monoisotopic (exact) mass is 219 g/mol. The molecular formula is C15H25N. The van der Waals surface area contributed by atoms with Crippen LogP contribution in [-0.4, -0.2) is 12.1 Å². The summed E-state index contributed by atoms with van der Waals surface area (Å²) >= 11 is 0. The maximum absolute atomic E-state index is 3.96. The van der Waals surface area contributed by atoms with Crippen molar-refractivity contribution in [2.24, 2.45) is 5.92 Å². The van der Waals surface area contributed by atoms with Gasteiger partial charge >= 0.3 is 0 Å². The lowest BCUT2D eigenvalue weighted by Gasteiger charge is -2.38. The molecule has 3 aliphatic rings. The molecule has 0 bridgehead atoms. The summed E-state index contributed by atoms with van der Waals surface area (Å²) in [6.45, 7) is 1.26. The fourth-order valence-corrected chi connectivity index (χ4v) is 3.81. The average Bonchev–Trinajstić information content (AvgIpc) is 3.17. The predicted octanol–water partition coefficient (Wildman–Crippen LogP) is 3.80. The summed E-state index contributed by atoms with van der Waals surface area (Å²) in [5.41, 5.74) is 2.25. The Balaban J connectivity index is 1.84. The molecule has 1 saturated carbocycles. The van der Waals surface area contributed by atoms with Gasteiger partial charge in [-0.15, -0.1) is 0 Å². The highest BCUT2D eigenvalue weighted by Crippen LogP contribution is 2.49. The van der Waals surface area contributed by atoms with Gasteiger partial charge in [-0.1, -0.05) is 24.5 Å². The second-order valence-corrected chi connectivity index (χ2v) is 5.96. The standard InChI is InChI=1S/C15H25N/c1-3-7-13(8-4-1)15(14-9-10-14)11-5-2-6-12-16-15/h7,14,16H,1-6,8-12H2. The van der Waals surface area contributed by atoms with Crippen molar-refractivity contribution in [3.05, 3.63) is 11.6 Å². The molecule has 1 atom stereocenters. The summed E-state index contributed by atoms with van der Waals surface area (Å²) in [5.74, 6) is 0.981. The summed E-state index contributed by atoms with van der Waals surface area (Å²) in [6, 6.07) is 0. The SMILES string of the molecule is C1=C(C2(C3CC3)CCCCCN2)CCCC1. The first kappa shape index (κ1) is 10.8. The molecule has 1 unspecified atom stereocenters. The van der Waals surface area contributed by atoms with Gasteiger partial charge in [-0.05, 0) is 63.8 Å². The Labute approximate surface area is 99.7 Å². The van der Waals surface area contributed by atoms with Crippen LogP contribution < -0.4 is 5.32 Å². The van der Waals surface area contributed by atoms with Crippen molar-refractivity contribution in [2.45, 2.75) is 69.7 Å². The van der Waals surface area contributed by atoms with Gasteiger partial charge in [-0.3, -0.25) is 0 Å². The maximum atomic E-state index is 3.96. The van der Waals surface area contributed by atoms with Gasteiger partial charge < -0.3 is 5.32 Å². The smallest absolute Gasteiger partial charge is 0.0422 e. The lowest BCUT2D eigenvalue weighted by atomic mass is 9.76. The molecule has 0 spiro atoms. The third-order valence-corrected chi connectivity index (χ3v) is 4.83. The second kappa shape index (κ2) is 4.52. The molecule has 0 amide bonds. The van der Waals surface area contributed by atoms with Gasteiger partial charge in [0.1, 0.15) is 0 Å². The molecule has 1 heterocycles. The highest BCUT2D eigenvalue weighted by Gasteiger charge is 2.47. The van der Waals surface area contributed by atoms with Crippen LogP contribution in [0.3, 0.4) is 0 Å². The molecule has 0 aromatic heterocycles. The lowest BCUT2D eigenvalue weighted by molar-refractivity contribution is 0.312. The Bertz CT molecular complexity index is 267. The van der Waals surface area contributed by atoms with E-state index in [1.165, 1.54) is 70.8 Å². The van der Waals surface area contributed by atoms with Crippen molar-refractivity contribution in [2.75, 3.05) is 6.54 Å². The van der Waals surface area contributed by atoms with Crippen molar-refractivity contribution in [1.82, 2.24) is 5.32 Å². The first-order valence-corrected chi connectivity index (χ1v) is 7.36. The number of rotatable bonds is 2. The predicted molar refractivity (Wildman–Crippen MR) is 68.5 cm³/mol.